The molecule has 4 heterocycles. The summed E-state index contributed by atoms with van der Waals surface area (Å²) in [5.41, 5.74) is 4.15. The quantitative estimate of drug-likeness (QED) is 0.517. The molecule has 2 fully saturated rings. The van der Waals surface area contributed by atoms with Crippen LogP contribution in [0.4, 0.5) is 21.6 Å². The Labute approximate surface area is 179 Å². The first-order valence-electron chi connectivity index (χ1n) is 11.0. The topological polar surface area (TPSA) is 62.4 Å². The number of benzene rings is 1. The Bertz CT molecular complexity index is 1260. The van der Waals surface area contributed by atoms with Gasteiger partial charge in [0.2, 0.25) is 0 Å². The Morgan fingerprint density at radius 2 is 2.00 bits per heavy atom. The van der Waals surface area contributed by atoms with Crippen molar-refractivity contribution in [1.82, 2.24) is 24.5 Å². The molecule has 2 N–H and O–H groups in total. The summed E-state index contributed by atoms with van der Waals surface area (Å²) in [6.07, 6.45) is 6.22. The van der Waals surface area contributed by atoms with Crippen LogP contribution in [0.2, 0.25) is 0 Å². The predicted molar refractivity (Wildman–Crippen MR) is 121 cm³/mol. The number of pyridine rings is 1. The highest BCUT2D eigenvalue weighted by Gasteiger charge is 2.24. The van der Waals surface area contributed by atoms with Gasteiger partial charge in [-0.15, -0.1) is 0 Å². The highest BCUT2D eigenvalue weighted by atomic mass is 19.1. The minimum absolute atomic E-state index is 0.341. The molecular formula is C23H26FN7. The zero-order chi connectivity index (χ0) is 20.9. The molecule has 1 aromatic carbocycles. The molecule has 1 saturated heterocycles. The fourth-order valence-electron chi connectivity index (χ4n) is 4.44. The van der Waals surface area contributed by atoms with E-state index in [9.17, 15) is 4.39 Å². The standard InChI is InChI=1S/C23H26FN7/c1-15-12-30-14-17(10-20(24)23(30)26-15)27-22-19-5-4-18(29-8-6-25-7-9-29)11-21(19)31(28-22)13-16-2-3-16/h4-5,10-12,14,16,25H,2-3,6-9,13H2,1H3,(H,27,28). The van der Waals surface area contributed by atoms with E-state index in [4.69, 9.17) is 5.10 Å². The number of halogens is 1. The molecule has 0 bridgehead atoms. The van der Waals surface area contributed by atoms with Gasteiger partial charge in [-0.25, -0.2) is 9.37 Å². The third-order valence-corrected chi connectivity index (χ3v) is 6.23. The number of nitrogens with one attached hydrogen (secondary N) is 2. The monoisotopic (exact) mass is 419 g/mol. The van der Waals surface area contributed by atoms with Gasteiger partial charge in [0.25, 0.3) is 0 Å². The summed E-state index contributed by atoms with van der Waals surface area (Å²) in [7, 11) is 0. The fraction of sp³-hybridized carbons (Fsp3) is 0.391. The lowest BCUT2D eigenvalue weighted by molar-refractivity contribution is 0.580. The van der Waals surface area contributed by atoms with Crippen LogP contribution in [-0.4, -0.2) is 45.3 Å². The van der Waals surface area contributed by atoms with Gasteiger partial charge in [-0.05, 0) is 43.9 Å². The van der Waals surface area contributed by atoms with Crippen LogP contribution in [0.3, 0.4) is 0 Å². The zero-order valence-corrected chi connectivity index (χ0v) is 17.6. The van der Waals surface area contributed by atoms with Gasteiger partial charge >= 0.3 is 0 Å². The molecule has 2 aliphatic rings. The molecule has 7 nitrogen and oxygen atoms in total. The molecule has 4 aromatic rings. The first kappa shape index (κ1) is 18.6. The van der Waals surface area contributed by atoms with Crippen LogP contribution in [0, 0.1) is 18.7 Å². The van der Waals surface area contributed by atoms with Crippen molar-refractivity contribution in [2.24, 2.45) is 5.92 Å². The van der Waals surface area contributed by atoms with Crippen molar-refractivity contribution < 1.29 is 4.39 Å². The van der Waals surface area contributed by atoms with Crippen LogP contribution >= 0.6 is 0 Å². The molecule has 8 heteroatoms. The second-order valence-electron chi connectivity index (χ2n) is 8.73. The first-order chi connectivity index (χ1) is 15.1. The van der Waals surface area contributed by atoms with Crippen LogP contribution in [0.1, 0.15) is 18.5 Å². The van der Waals surface area contributed by atoms with Gasteiger partial charge in [0.15, 0.2) is 17.3 Å². The maximum Gasteiger partial charge on any atom is 0.173 e. The second kappa shape index (κ2) is 7.23. The molecular weight excluding hydrogens is 393 g/mol. The molecule has 0 amide bonds. The van der Waals surface area contributed by atoms with Gasteiger partial charge in [-0.1, -0.05) is 0 Å². The fourth-order valence-corrected chi connectivity index (χ4v) is 4.44. The molecule has 1 aliphatic carbocycles. The van der Waals surface area contributed by atoms with Crippen LogP contribution in [0.5, 0.6) is 0 Å². The Hall–Kier alpha value is -3.13. The summed E-state index contributed by atoms with van der Waals surface area (Å²) in [5.74, 6) is 1.13. The maximum atomic E-state index is 14.6. The number of anilines is 3. The van der Waals surface area contributed by atoms with Gasteiger partial charge in [-0.3, -0.25) is 4.68 Å². The predicted octanol–water partition coefficient (Wildman–Crippen LogP) is 3.69. The van der Waals surface area contributed by atoms with Crippen molar-refractivity contribution >= 4 is 33.7 Å². The van der Waals surface area contributed by atoms with Gasteiger partial charge in [0.1, 0.15) is 0 Å². The second-order valence-corrected chi connectivity index (χ2v) is 8.73. The molecule has 3 aromatic heterocycles. The van der Waals surface area contributed by atoms with E-state index < -0.39 is 0 Å². The van der Waals surface area contributed by atoms with Gasteiger partial charge in [0, 0.05) is 62.3 Å². The summed E-state index contributed by atoms with van der Waals surface area (Å²) in [6.45, 7) is 6.83. The zero-order valence-electron chi connectivity index (χ0n) is 17.6. The number of hydrogen-bond acceptors (Lipinski definition) is 5. The highest BCUT2D eigenvalue weighted by molar-refractivity contribution is 5.94. The van der Waals surface area contributed by atoms with Crippen molar-refractivity contribution in [2.75, 3.05) is 36.4 Å². The van der Waals surface area contributed by atoms with Crippen molar-refractivity contribution in [1.29, 1.82) is 0 Å². The number of fused-ring (bicyclic) bond motifs is 2. The molecule has 0 unspecified atom stereocenters. The summed E-state index contributed by atoms with van der Waals surface area (Å²) in [4.78, 5) is 6.66. The normalized spacial score (nSPS) is 17.0. The number of piperazine rings is 1. The molecule has 0 radical (unpaired) electrons. The smallest absolute Gasteiger partial charge is 0.173 e. The lowest BCUT2D eigenvalue weighted by Crippen LogP contribution is -2.43. The molecule has 1 aliphatic heterocycles. The van der Waals surface area contributed by atoms with E-state index in [2.05, 4.69) is 43.4 Å². The summed E-state index contributed by atoms with van der Waals surface area (Å²) in [6, 6.07) is 8.06. The van der Waals surface area contributed by atoms with E-state index >= 15 is 0 Å². The lowest BCUT2D eigenvalue weighted by atomic mass is 10.2. The summed E-state index contributed by atoms with van der Waals surface area (Å²) >= 11 is 0. The van der Waals surface area contributed by atoms with Gasteiger partial charge in [0.05, 0.1) is 16.9 Å². The number of nitrogens with zero attached hydrogens (tertiary/aromatic N) is 5. The van der Waals surface area contributed by atoms with E-state index in [1.54, 1.807) is 4.40 Å². The van der Waals surface area contributed by atoms with Crippen LogP contribution < -0.4 is 15.5 Å². The van der Waals surface area contributed by atoms with Gasteiger partial charge in [-0.2, -0.15) is 5.10 Å². The molecule has 0 atom stereocenters. The van der Waals surface area contributed by atoms with Crippen LogP contribution in [0.25, 0.3) is 16.6 Å². The van der Waals surface area contributed by atoms with Crippen LogP contribution in [0.15, 0.2) is 36.7 Å². The highest BCUT2D eigenvalue weighted by Crippen LogP contribution is 2.35. The van der Waals surface area contributed by atoms with Gasteiger partial charge < -0.3 is 19.9 Å². The SMILES string of the molecule is Cc1cn2cc(Nc3nn(CC4CC4)c4cc(N5CCNCC5)ccc34)cc(F)c2n1. The number of hydrogen-bond donors (Lipinski definition) is 2. The maximum absolute atomic E-state index is 14.6. The number of aryl methyl sites for hydroxylation is 1. The largest absolute Gasteiger partial charge is 0.369 e. The van der Waals surface area contributed by atoms with Crippen molar-refractivity contribution in [2.45, 2.75) is 26.3 Å². The van der Waals surface area contributed by atoms with E-state index in [-0.39, 0.29) is 5.82 Å². The summed E-state index contributed by atoms with van der Waals surface area (Å²) in [5, 5.41) is 12.7. The molecule has 0 spiro atoms. The lowest BCUT2D eigenvalue weighted by Gasteiger charge is -2.29. The van der Waals surface area contributed by atoms with E-state index in [1.165, 1.54) is 24.6 Å². The third-order valence-electron chi connectivity index (χ3n) is 6.23. The minimum atomic E-state index is -0.346. The average molecular weight is 420 g/mol. The Kier molecular flexibility index (Phi) is 4.34. The van der Waals surface area contributed by atoms with E-state index in [1.807, 2.05) is 19.3 Å². The molecule has 31 heavy (non-hydrogen) atoms. The first-order valence-corrected chi connectivity index (χ1v) is 11.0. The number of imidazole rings is 1. The van der Waals surface area contributed by atoms with E-state index in [0.717, 1.165) is 55.1 Å². The van der Waals surface area contributed by atoms with Crippen molar-refractivity contribution in [3.63, 3.8) is 0 Å². The third kappa shape index (κ3) is 3.50. The number of aromatic nitrogens is 4. The Balaban J connectivity index is 1.39. The Morgan fingerprint density at radius 1 is 1.16 bits per heavy atom. The summed E-state index contributed by atoms with van der Waals surface area (Å²) < 4.78 is 18.4. The Morgan fingerprint density at radius 3 is 2.81 bits per heavy atom. The average Bonchev–Trinajstić information content (AvgIpc) is 3.42. The molecule has 6 rings (SSSR count). The molecule has 1 saturated carbocycles. The van der Waals surface area contributed by atoms with Crippen molar-refractivity contribution in [3.8, 4) is 0 Å². The van der Waals surface area contributed by atoms with E-state index in [0.29, 0.717) is 17.3 Å². The van der Waals surface area contributed by atoms with Crippen molar-refractivity contribution in [3.05, 3.63) is 48.2 Å². The molecule has 160 valence electrons. The van der Waals surface area contributed by atoms with Crippen LogP contribution in [-0.2, 0) is 6.54 Å². The number of rotatable bonds is 5. The minimum Gasteiger partial charge on any atom is -0.369 e.